The first-order valence-electron chi connectivity index (χ1n) is 4.12. The van der Waals surface area contributed by atoms with E-state index < -0.39 is 4.92 Å². The van der Waals surface area contributed by atoms with Crippen molar-refractivity contribution in [2.24, 2.45) is 5.73 Å². The van der Waals surface area contributed by atoms with Crippen LogP contribution in [0.4, 0.5) is 5.82 Å². The van der Waals surface area contributed by atoms with Gasteiger partial charge >= 0.3 is 5.82 Å². The van der Waals surface area contributed by atoms with Crippen molar-refractivity contribution >= 4 is 17.6 Å². The Bertz CT molecular complexity index is 325. The van der Waals surface area contributed by atoms with Gasteiger partial charge in [0, 0.05) is 12.3 Å². The fraction of sp³-hybridized carbons (Fsp3) is 0.571. The van der Waals surface area contributed by atoms with Gasteiger partial charge in [-0.15, -0.1) is 11.8 Å². The second-order valence-electron chi connectivity index (χ2n) is 2.73. The van der Waals surface area contributed by atoms with Crippen LogP contribution in [-0.2, 0) is 5.88 Å². The van der Waals surface area contributed by atoms with E-state index in [1.807, 2.05) is 0 Å². The van der Waals surface area contributed by atoms with Gasteiger partial charge in [0.15, 0.2) is 0 Å². The second kappa shape index (κ2) is 4.97. The highest BCUT2D eigenvalue weighted by molar-refractivity contribution is 7.98. The molecular weight excluding hydrogens is 204 g/mol. The second-order valence-corrected chi connectivity index (χ2v) is 3.80. The van der Waals surface area contributed by atoms with E-state index in [1.165, 1.54) is 6.07 Å². The average molecular weight is 216 g/mol. The zero-order valence-electron chi connectivity index (χ0n) is 7.84. The average Bonchev–Trinajstić information content (AvgIpc) is 2.49. The van der Waals surface area contributed by atoms with E-state index in [2.05, 4.69) is 5.10 Å². The number of thioether (sulfide) groups is 1. The van der Waals surface area contributed by atoms with Gasteiger partial charge in [-0.1, -0.05) is 0 Å². The van der Waals surface area contributed by atoms with Gasteiger partial charge in [-0.25, -0.2) is 0 Å². The Balaban J connectivity index is 2.63. The summed E-state index contributed by atoms with van der Waals surface area (Å²) in [5.41, 5.74) is 6.12. The predicted molar refractivity (Wildman–Crippen MR) is 55.1 cm³/mol. The maximum Gasteiger partial charge on any atom is 0.390 e. The number of nitrogens with zero attached hydrogens (tertiary/aromatic N) is 3. The Morgan fingerprint density at radius 1 is 1.79 bits per heavy atom. The van der Waals surface area contributed by atoms with E-state index in [0.29, 0.717) is 12.4 Å². The third kappa shape index (κ3) is 2.71. The van der Waals surface area contributed by atoms with Gasteiger partial charge in [0.05, 0.1) is 16.9 Å². The monoisotopic (exact) mass is 216 g/mol. The van der Waals surface area contributed by atoms with E-state index in [-0.39, 0.29) is 5.82 Å². The highest BCUT2D eigenvalue weighted by Gasteiger charge is 2.14. The van der Waals surface area contributed by atoms with E-state index >= 15 is 0 Å². The van der Waals surface area contributed by atoms with Crippen LogP contribution < -0.4 is 5.73 Å². The predicted octanol–water partition coefficient (Wildman–Crippen LogP) is 0.749. The summed E-state index contributed by atoms with van der Waals surface area (Å²) >= 11 is 1.60. The van der Waals surface area contributed by atoms with Gasteiger partial charge in [0.1, 0.15) is 5.88 Å². The minimum Gasteiger partial charge on any atom is -0.358 e. The summed E-state index contributed by atoms with van der Waals surface area (Å²) in [4.78, 5) is 9.91. The number of nitrogens with two attached hydrogens (primary N) is 1. The van der Waals surface area contributed by atoms with Crippen LogP contribution in [0.1, 0.15) is 5.69 Å². The van der Waals surface area contributed by atoms with Gasteiger partial charge in [-0.2, -0.15) is 4.68 Å². The van der Waals surface area contributed by atoms with Crippen molar-refractivity contribution < 1.29 is 4.92 Å². The SMILES string of the molecule is Cc1cc([N+](=O)[O-])nn1CSCCN. The van der Waals surface area contributed by atoms with E-state index in [1.54, 1.807) is 23.4 Å². The largest absolute Gasteiger partial charge is 0.390 e. The van der Waals surface area contributed by atoms with Gasteiger partial charge in [0.25, 0.3) is 0 Å². The fourth-order valence-electron chi connectivity index (χ4n) is 0.947. The summed E-state index contributed by atoms with van der Waals surface area (Å²) in [7, 11) is 0. The van der Waals surface area contributed by atoms with Crippen LogP contribution >= 0.6 is 11.8 Å². The number of aryl methyl sites for hydroxylation is 1. The molecule has 0 saturated heterocycles. The minimum atomic E-state index is -0.489. The molecular formula is C7H12N4O2S. The van der Waals surface area contributed by atoms with Crippen molar-refractivity contribution in [1.82, 2.24) is 9.78 Å². The quantitative estimate of drug-likeness (QED) is 0.446. The van der Waals surface area contributed by atoms with Crippen LogP contribution in [0, 0.1) is 17.0 Å². The molecule has 0 radical (unpaired) electrons. The molecule has 0 saturated carbocycles. The number of hydrogen-bond acceptors (Lipinski definition) is 5. The summed E-state index contributed by atoms with van der Waals surface area (Å²) in [6, 6.07) is 1.46. The zero-order chi connectivity index (χ0) is 10.6. The number of hydrogen-bond donors (Lipinski definition) is 1. The Morgan fingerprint density at radius 3 is 3.00 bits per heavy atom. The molecule has 0 atom stereocenters. The van der Waals surface area contributed by atoms with Crippen LogP contribution in [0.3, 0.4) is 0 Å². The third-order valence-electron chi connectivity index (χ3n) is 1.63. The lowest BCUT2D eigenvalue weighted by atomic mass is 10.5. The molecule has 0 bridgehead atoms. The highest BCUT2D eigenvalue weighted by Crippen LogP contribution is 2.13. The molecule has 1 rings (SSSR count). The van der Waals surface area contributed by atoms with Gasteiger partial charge in [-0.3, -0.25) is 0 Å². The van der Waals surface area contributed by atoms with Crippen molar-refractivity contribution in [3.8, 4) is 0 Å². The van der Waals surface area contributed by atoms with Crippen molar-refractivity contribution in [1.29, 1.82) is 0 Å². The Kier molecular flexibility index (Phi) is 3.90. The lowest BCUT2D eigenvalue weighted by molar-refractivity contribution is -0.389. The topological polar surface area (TPSA) is 87.0 Å². The molecule has 0 fully saturated rings. The summed E-state index contributed by atoms with van der Waals surface area (Å²) < 4.78 is 1.61. The highest BCUT2D eigenvalue weighted by atomic mass is 32.2. The van der Waals surface area contributed by atoms with E-state index in [0.717, 1.165) is 11.4 Å². The standard InChI is InChI=1S/C7H12N4O2S/c1-6-4-7(11(12)13)9-10(6)5-14-3-2-8/h4H,2-3,5,8H2,1H3. The summed E-state index contributed by atoms with van der Waals surface area (Å²) in [5.74, 6) is 1.33. The molecule has 1 aromatic heterocycles. The van der Waals surface area contributed by atoms with E-state index in [9.17, 15) is 10.1 Å². The molecule has 0 aromatic carbocycles. The Morgan fingerprint density at radius 2 is 2.50 bits per heavy atom. The van der Waals surface area contributed by atoms with Crippen LogP contribution in [0.15, 0.2) is 6.07 Å². The summed E-state index contributed by atoms with van der Waals surface area (Å²) in [5, 5.41) is 14.2. The van der Waals surface area contributed by atoms with Crippen molar-refractivity contribution in [3.05, 3.63) is 21.9 Å². The zero-order valence-corrected chi connectivity index (χ0v) is 8.66. The maximum atomic E-state index is 10.4. The minimum absolute atomic E-state index is 0.101. The molecule has 7 heteroatoms. The molecule has 6 nitrogen and oxygen atoms in total. The molecule has 1 aromatic rings. The molecule has 0 spiro atoms. The van der Waals surface area contributed by atoms with Gasteiger partial charge in [0.2, 0.25) is 0 Å². The number of rotatable bonds is 5. The van der Waals surface area contributed by atoms with E-state index in [4.69, 9.17) is 5.73 Å². The Labute approximate surface area is 85.6 Å². The molecule has 0 aliphatic heterocycles. The van der Waals surface area contributed by atoms with Crippen molar-refractivity contribution in [2.45, 2.75) is 12.8 Å². The van der Waals surface area contributed by atoms with Crippen molar-refractivity contribution in [3.63, 3.8) is 0 Å². The smallest absolute Gasteiger partial charge is 0.358 e. The van der Waals surface area contributed by atoms with Crippen LogP contribution in [0.5, 0.6) is 0 Å². The molecule has 14 heavy (non-hydrogen) atoms. The first-order valence-corrected chi connectivity index (χ1v) is 5.27. The lowest BCUT2D eigenvalue weighted by Gasteiger charge is -1.97. The van der Waals surface area contributed by atoms with Crippen molar-refractivity contribution in [2.75, 3.05) is 12.3 Å². The maximum absolute atomic E-state index is 10.4. The van der Waals surface area contributed by atoms with Gasteiger partial charge < -0.3 is 15.8 Å². The van der Waals surface area contributed by atoms with Crippen LogP contribution in [-0.4, -0.2) is 27.0 Å². The summed E-state index contributed by atoms with van der Waals surface area (Å²) in [6.45, 7) is 2.40. The molecule has 78 valence electrons. The molecule has 0 aliphatic carbocycles. The number of aromatic nitrogens is 2. The molecule has 2 N–H and O–H groups in total. The first-order chi connectivity index (χ1) is 6.65. The first kappa shape index (κ1) is 11.0. The fourth-order valence-corrected chi connectivity index (χ4v) is 1.68. The van der Waals surface area contributed by atoms with Gasteiger partial charge in [-0.05, 0) is 11.8 Å². The molecule has 0 amide bonds. The van der Waals surface area contributed by atoms with Crippen LogP contribution in [0.25, 0.3) is 0 Å². The van der Waals surface area contributed by atoms with Crippen LogP contribution in [0.2, 0.25) is 0 Å². The molecule has 1 heterocycles. The molecule has 0 unspecified atom stereocenters. The summed E-state index contributed by atoms with van der Waals surface area (Å²) in [6.07, 6.45) is 0. The number of nitro groups is 1. The third-order valence-corrected chi connectivity index (χ3v) is 2.58. The Hall–Kier alpha value is -1.08. The normalized spacial score (nSPS) is 10.4. The lowest BCUT2D eigenvalue weighted by Crippen LogP contribution is -2.05. The molecule has 0 aliphatic rings.